The summed E-state index contributed by atoms with van der Waals surface area (Å²) in [5.74, 6) is 0.918. The maximum atomic E-state index is 9.60. The second-order valence-corrected chi connectivity index (χ2v) is 5.13. The van der Waals surface area contributed by atoms with Crippen molar-refractivity contribution >= 4 is 0 Å². The number of nitriles is 1. The quantitative estimate of drug-likeness (QED) is 0.817. The summed E-state index contributed by atoms with van der Waals surface area (Å²) in [5, 5.41) is 9.60. The summed E-state index contributed by atoms with van der Waals surface area (Å²) < 4.78 is 5.78. The first-order valence-corrected chi connectivity index (χ1v) is 6.47. The van der Waals surface area contributed by atoms with Crippen LogP contribution in [0.2, 0.25) is 0 Å². The zero-order valence-electron chi connectivity index (χ0n) is 10.7. The molecular weight excluding hydrogens is 234 g/mol. The summed E-state index contributed by atoms with van der Waals surface area (Å²) >= 11 is 0. The van der Waals surface area contributed by atoms with Gasteiger partial charge < -0.3 is 4.74 Å². The van der Waals surface area contributed by atoms with Crippen LogP contribution in [0.3, 0.4) is 0 Å². The van der Waals surface area contributed by atoms with Crippen LogP contribution in [0.5, 0.6) is 5.75 Å². The fourth-order valence-corrected chi connectivity index (χ4v) is 2.63. The predicted octanol–water partition coefficient (Wildman–Crippen LogP) is 3.37. The van der Waals surface area contributed by atoms with Crippen LogP contribution in [-0.2, 0) is 12.8 Å². The van der Waals surface area contributed by atoms with Gasteiger partial charge in [-0.3, -0.25) is 0 Å². The van der Waals surface area contributed by atoms with E-state index in [1.807, 2.05) is 42.5 Å². The van der Waals surface area contributed by atoms with Gasteiger partial charge in [0, 0.05) is 0 Å². The molecule has 1 atom stereocenters. The predicted molar refractivity (Wildman–Crippen MR) is 73.8 cm³/mol. The molecule has 0 radical (unpaired) electrons. The van der Waals surface area contributed by atoms with Gasteiger partial charge in [0.2, 0.25) is 0 Å². The molecule has 1 aliphatic heterocycles. The van der Waals surface area contributed by atoms with Crippen LogP contribution in [0.4, 0.5) is 0 Å². The van der Waals surface area contributed by atoms with Crippen molar-refractivity contribution in [2.24, 2.45) is 5.41 Å². The molecule has 0 aliphatic carbocycles. The second kappa shape index (κ2) is 4.78. The van der Waals surface area contributed by atoms with Gasteiger partial charge in [-0.2, -0.15) is 5.26 Å². The van der Waals surface area contributed by atoms with E-state index in [1.165, 1.54) is 5.56 Å². The van der Waals surface area contributed by atoms with Gasteiger partial charge in [-0.1, -0.05) is 48.5 Å². The topological polar surface area (TPSA) is 33.0 Å². The van der Waals surface area contributed by atoms with Gasteiger partial charge in [-0.25, -0.2) is 0 Å². The molecule has 3 rings (SSSR count). The number of hydrogen-bond acceptors (Lipinski definition) is 2. The molecule has 1 unspecified atom stereocenters. The van der Waals surface area contributed by atoms with Gasteiger partial charge in [0.05, 0.1) is 11.5 Å². The molecule has 0 spiro atoms. The first-order chi connectivity index (χ1) is 9.31. The van der Waals surface area contributed by atoms with Gasteiger partial charge in [-0.05, 0) is 30.0 Å². The van der Waals surface area contributed by atoms with Gasteiger partial charge >= 0.3 is 0 Å². The van der Waals surface area contributed by atoms with Crippen LogP contribution in [-0.4, -0.2) is 6.61 Å². The maximum Gasteiger partial charge on any atom is 0.122 e. The number of rotatable bonds is 2. The lowest BCUT2D eigenvalue weighted by molar-refractivity contribution is 0.169. The van der Waals surface area contributed by atoms with Gasteiger partial charge in [0.25, 0.3) is 0 Å². The Morgan fingerprint density at radius 1 is 1.05 bits per heavy atom. The molecule has 0 saturated heterocycles. The average Bonchev–Trinajstić information content (AvgIpc) is 2.48. The summed E-state index contributed by atoms with van der Waals surface area (Å²) in [6, 6.07) is 20.6. The smallest absolute Gasteiger partial charge is 0.122 e. The van der Waals surface area contributed by atoms with Gasteiger partial charge in [0.1, 0.15) is 12.4 Å². The molecule has 1 heterocycles. The van der Waals surface area contributed by atoms with E-state index < -0.39 is 5.41 Å². The minimum Gasteiger partial charge on any atom is -0.492 e. The van der Waals surface area contributed by atoms with E-state index in [0.29, 0.717) is 6.61 Å². The molecule has 2 aromatic carbocycles. The highest BCUT2D eigenvalue weighted by Crippen LogP contribution is 2.36. The third-order valence-corrected chi connectivity index (χ3v) is 3.63. The number of ether oxygens (including phenoxy) is 1. The highest BCUT2D eigenvalue weighted by Gasteiger charge is 2.36. The Balaban J connectivity index is 1.89. The highest BCUT2D eigenvalue weighted by atomic mass is 16.5. The van der Waals surface area contributed by atoms with E-state index >= 15 is 0 Å². The Bertz CT molecular complexity index is 615. The van der Waals surface area contributed by atoms with E-state index in [9.17, 15) is 5.26 Å². The summed E-state index contributed by atoms with van der Waals surface area (Å²) in [7, 11) is 0. The third kappa shape index (κ3) is 2.32. The Labute approximate surface area is 113 Å². The fraction of sp³-hybridized carbons (Fsp3) is 0.235. The molecule has 2 aromatic rings. The standard InChI is InChI=1S/C17H15NO/c18-12-17(10-14-6-2-1-3-7-14)11-15-8-4-5-9-16(15)19-13-17/h1-9H,10-11,13H2. The molecular formula is C17H15NO. The fourth-order valence-electron chi connectivity index (χ4n) is 2.63. The van der Waals surface area contributed by atoms with Crippen molar-refractivity contribution in [2.45, 2.75) is 12.8 Å². The molecule has 1 aliphatic rings. The summed E-state index contributed by atoms with van der Waals surface area (Å²) in [6.45, 7) is 0.468. The first kappa shape index (κ1) is 11.8. The lowest BCUT2D eigenvalue weighted by atomic mass is 9.77. The van der Waals surface area contributed by atoms with Crippen LogP contribution < -0.4 is 4.74 Å². The Morgan fingerprint density at radius 3 is 2.58 bits per heavy atom. The molecule has 0 bridgehead atoms. The van der Waals surface area contributed by atoms with Crippen molar-refractivity contribution in [1.29, 1.82) is 5.26 Å². The molecule has 0 fully saturated rings. The maximum absolute atomic E-state index is 9.60. The zero-order chi connectivity index (χ0) is 13.1. The molecule has 2 heteroatoms. The normalized spacial score (nSPS) is 21.0. The van der Waals surface area contributed by atoms with Gasteiger partial charge in [0.15, 0.2) is 0 Å². The largest absolute Gasteiger partial charge is 0.492 e. The molecule has 0 aromatic heterocycles. The van der Waals surface area contributed by atoms with Crippen molar-refractivity contribution in [3.8, 4) is 11.8 Å². The van der Waals surface area contributed by atoms with Crippen LogP contribution in [0.1, 0.15) is 11.1 Å². The molecule has 0 amide bonds. The average molecular weight is 249 g/mol. The van der Waals surface area contributed by atoms with Gasteiger partial charge in [-0.15, -0.1) is 0 Å². The minimum absolute atomic E-state index is 0.449. The minimum atomic E-state index is -0.449. The lowest BCUT2D eigenvalue weighted by Gasteiger charge is -2.32. The summed E-state index contributed by atoms with van der Waals surface area (Å²) in [5.41, 5.74) is 1.87. The van der Waals surface area contributed by atoms with E-state index in [1.54, 1.807) is 0 Å². The van der Waals surface area contributed by atoms with Crippen molar-refractivity contribution in [1.82, 2.24) is 0 Å². The SMILES string of the molecule is N#CC1(Cc2ccccc2)COc2ccccc2C1. The number of hydrogen-bond donors (Lipinski definition) is 0. The Kier molecular flexibility index (Phi) is 2.97. The van der Waals surface area contributed by atoms with Crippen molar-refractivity contribution < 1.29 is 4.74 Å². The Hall–Kier alpha value is -2.27. The van der Waals surface area contributed by atoms with Crippen LogP contribution >= 0.6 is 0 Å². The van der Waals surface area contributed by atoms with E-state index in [-0.39, 0.29) is 0 Å². The number of para-hydroxylation sites is 1. The van der Waals surface area contributed by atoms with Crippen molar-refractivity contribution in [3.05, 3.63) is 65.7 Å². The molecule has 19 heavy (non-hydrogen) atoms. The third-order valence-electron chi connectivity index (χ3n) is 3.63. The van der Waals surface area contributed by atoms with E-state index in [4.69, 9.17) is 4.74 Å². The number of nitrogens with zero attached hydrogens (tertiary/aromatic N) is 1. The Morgan fingerprint density at radius 2 is 1.79 bits per heavy atom. The van der Waals surface area contributed by atoms with E-state index in [2.05, 4.69) is 18.2 Å². The second-order valence-electron chi connectivity index (χ2n) is 5.13. The number of benzene rings is 2. The molecule has 2 nitrogen and oxygen atoms in total. The molecule has 94 valence electrons. The van der Waals surface area contributed by atoms with Crippen LogP contribution in [0.25, 0.3) is 0 Å². The van der Waals surface area contributed by atoms with E-state index in [0.717, 1.165) is 24.2 Å². The van der Waals surface area contributed by atoms with Crippen molar-refractivity contribution in [2.75, 3.05) is 6.61 Å². The van der Waals surface area contributed by atoms with Crippen molar-refractivity contribution in [3.63, 3.8) is 0 Å². The van der Waals surface area contributed by atoms with Crippen LogP contribution in [0.15, 0.2) is 54.6 Å². The lowest BCUT2D eigenvalue weighted by Crippen LogP contribution is -2.35. The summed E-state index contributed by atoms with van der Waals surface area (Å²) in [4.78, 5) is 0. The first-order valence-electron chi connectivity index (χ1n) is 6.47. The summed E-state index contributed by atoms with van der Waals surface area (Å²) in [6.07, 6.45) is 1.49. The molecule has 0 saturated carbocycles. The van der Waals surface area contributed by atoms with Crippen LogP contribution in [0, 0.1) is 16.7 Å². The zero-order valence-corrected chi connectivity index (χ0v) is 10.7. The number of fused-ring (bicyclic) bond motifs is 1. The monoisotopic (exact) mass is 249 g/mol. The molecule has 0 N–H and O–H groups in total. The highest BCUT2D eigenvalue weighted by molar-refractivity contribution is 5.38.